The molecule has 1 N–H and O–H groups in total. The van der Waals surface area contributed by atoms with Gasteiger partial charge in [-0.15, -0.1) is 0 Å². The van der Waals surface area contributed by atoms with Crippen LogP contribution in [0.5, 0.6) is 5.75 Å². The fourth-order valence-electron chi connectivity index (χ4n) is 2.42. The van der Waals surface area contributed by atoms with Crippen molar-refractivity contribution in [3.05, 3.63) is 29.3 Å². The maximum Gasteiger partial charge on any atom is 0.122 e. The van der Waals surface area contributed by atoms with Gasteiger partial charge >= 0.3 is 0 Å². The minimum atomic E-state index is 0.438. The van der Waals surface area contributed by atoms with E-state index in [9.17, 15) is 0 Å². The molecule has 2 rings (SSSR count). The van der Waals surface area contributed by atoms with Crippen molar-refractivity contribution in [1.82, 2.24) is 10.2 Å². The number of rotatable bonds is 6. The largest absolute Gasteiger partial charge is 0.493 e. The Morgan fingerprint density at radius 2 is 2.16 bits per heavy atom. The molecule has 0 amide bonds. The first kappa shape index (κ1) is 14.4. The highest BCUT2D eigenvalue weighted by molar-refractivity contribution is 5.40. The second-order valence-electron chi connectivity index (χ2n) is 5.65. The fraction of sp³-hybridized carbons (Fsp3) is 0.625. The van der Waals surface area contributed by atoms with E-state index >= 15 is 0 Å². The summed E-state index contributed by atoms with van der Waals surface area (Å²) >= 11 is 0. The molecule has 3 nitrogen and oxygen atoms in total. The lowest BCUT2D eigenvalue weighted by molar-refractivity contribution is 0.292. The third-order valence-corrected chi connectivity index (χ3v) is 4.07. The van der Waals surface area contributed by atoms with E-state index in [-0.39, 0.29) is 0 Å². The molecule has 1 aromatic carbocycles. The van der Waals surface area contributed by atoms with Gasteiger partial charge in [0.2, 0.25) is 0 Å². The zero-order valence-electron chi connectivity index (χ0n) is 12.6. The van der Waals surface area contributed by atoms with Gasteiger partial charge in [0.15, 0.2) is 0 Å². The van der Waals surface area contributed by atoms with Crippen LogP contribution in [0.3, 0.4) is 0 Å². The van der Waals surface area contributed by atoms with Gasteiger partial charge in [-0.3, -0.25) is 0 Å². The van der Waals surface area contributed by atoms with Gasteiger partial charge in [-0.1, -0.05) is 19.1 Å². The van der Waals surface area contributed by atoms with E-state index in [4.69, 9.17) is 4.74 Å². The second kappa shape index (κ2) is 6.40. The first-order chi connectivity index (χ1) is 9.11. The van der Waals surface area contributed by atoms with Crippen molar-refractivity contribution in [2.24, 2.45) is 0 Å². The van der Waals surface area contributed by atoms with Crippen LogP contribution >= 0.6 is 0 Å². The van der Waals surface area contributed by atoms with Crippen LogP contribution < -0.4 is 10.1 Å². The monoisotopic (exact) mass is 262 g/mol. The highest BCUT2D eigenvalue weighted by Gasteiger charge is 2.16. The molecule has 0 aromatic heterocycles. The Hall–Kier alpha value is -1.06. The predicted octanol–water partition coefficient (Wildman–Crippen LogP) is 2.61. The van der Waals surface area contributed by atoms with Gasteiger partial charge in [0.05, 0.1) is 6.61 Å². The van der Waals surface area contributed by atoms with Crippen molar-refractivity contribution in [3.63, 3.8) is 0 Å². The van der Waals surface area contributed by atoms with E-state index in [0.717, 1.165) is 31.7 Å². The van der Waals surface area contributed by atoms with E-state index in [1.807, 2.05) is 0 Å². The van der Waals surface area contributed by atoms with Crippen LogP contribution in [0, 0.1) is 0 Å². The van der Waals surface area contributed by atoms with Crippen molar-refractivity contribution in [1.29, 1.82) is 0 Å². The van der Waals surface area contributed by atoms with Crippen molar-refractivity contribution < 1.29 is 4.74 Å². The van der Waals surface area contributed by atoms with Crippen LogP contribution in [0.15, 0.2) is 18.2 Å². The first-order valence-corrected chi connectivity index (χ1v) is 7.27. The van der Waals surface area contributed by atoms with E-state index in [0.29, 0.717) is 12.1 Å². The van der Waals surface area contributed by atoms with Crippen LogP contribution in [0.25, 0.3) is 0 Å². The molecular weight excluding hydrogens is 236 g/mol. The average Bonchev–Trinajstić information content (AvgIpc) is 2.86. The molecule has 0 spiro atoms. The summed E-state index contributed by atoms with van der Waals surface area (Å²) in [5, 5.41) is 3.68. The Kier molecular flexibility index (Phi) is 4.83. The lowest BCUT2D eigenvalue weighted by Gasteiger charge is -2.24. The minimum Gasteiger partial charge on any atom is -0.493 e. The predicted molar refractivity (Wildman–Crippen MR) is 79.8 cm³/mol. The maximum atomic E-state index is 5.57. The van der Waals surface area contributed by atoms with Crippen molar-refractivity contribution >= 4 is 0 Å². The first-order valence-electron chi connectivity index (χ1n) is 7.27. The second-order valence-corrected chi connectivity index (χ2v) is 5.65. The molecule has 1 heterocycles. The lowest BCUT2D eigenvalue weighted by Crippen LogP contribution is -2.37. The minimum absolute atomic E-state index is 0.438. The fourth-order valence-corrected chi connectivity index (χ4v) is 2.42. The van der Waals surface area contributed by atoms with Gasteiger partial charge in [0, 0.05) is 25.0 Å². The van der Waals surface area contributed by atoms with Crippen molar-refractivity contribution in [2.75, 3.05) is 27.2 Å². The quantitative estimate of drug-likeness (QED) is 0.853. The summed E-state index contributed by atoms with van der Waals surface area (Å²) in [6.45, 7) is 6.33. The Morgan fingerprint density at radius 3 is 2.84 bits per heavy atom. The molecule has 1 aromatic rings. The number of likely N-dealkylation sites (N-methyl/N-ethyl adjacent to an activating group) is 1. The van der Waals surface area contributed by atoms with Crippen LogP contribution in [0.4, 0.5) is 0 Å². The Morgan fingerprint density at radius 1 is 1.37 bits per heavy atom. The molecule has 0 saturated heterocycles. The highest BCUT2D eigenvalue weighted by atomic mass is 16.5. The van der Waals surface area contributed by atoms with E-state index < -0.39 is 0 Å². The van der Waals surface area contributed by atoms with E-state index in [1.54, 1.807) is 0 Å². The average molecular weight is 262 g/mol. The van der Waals surface area contributed by atoms with Gasteiger partial charge < -0.3 is 15.0 Å². The third kappa shape index (κ3) is 3.48. The molecule has 1 aliphatic heterocycles. The number of nitrogens with zero attached hydrogens (tertiary/aromatic N) is 1. The molecule has 3 heteroatoms. The normalized spacial score (nSPS) is 17.1. The molecule has 0 aliphatic carbocycles. The number of hydrogen-bond acceptors (Lipinski definition) is 3. The zero-order valence-corrected chi connectivity index (χ0v) is 12.6. The Balaban J connectivity index is 2.01. The molecule has 1 aliphatic rings. The molecule has 2 unspecified atom stereocenters. The van der Waals surface area contributed by atoms with E-state index in [2.05, 4.69) is 56.4 Å². The molecule has 2 atom stereocenters. The van der Waals surface area contributed by atoms with Gasteiger partial charge in [-0.05, 0) is 44.6 Å². The van der Waals surface area contributed by atoms with Crippen LogP contribution in [0.1, 0.15) is 37.4 Å². The third-order valence-electron chi connectivity index (χ3n) is 4.07. The number of hydrogen-bond donors (Lipinski definition) is 1. The Labute approximate surface area is 116 Å². The number of nitrogens with one attached hydrogen (secondary N) is 1. The number of fused-ring (bicyclic) bond motifs is 1. The maximum absolute atomic E-state index is 5.57. The number of benzene rings is 1. The highest BCUT2D eigenvalue weighted by Crippen LogP contribution is 2.29. The van der Waals surface area contributed by atoms with Gasteiger partial charge in [-0.25, -0.2) is 0 Å². The summed E-state index contributed by atoms with van der Waals surface area (Å²) < 4.78 is 5.57. The van der Waals surface area contributed by atoms with E-state index in [1.165, 1.54) is 11.1 Å². The van der Waals surface area contributed by atoms with Crippen LogP contribution in [-0.2, 0) is 6.42 Å². The van der Waals surface area contributed by atoms with Crippen LogP contribution in [0.2, 0.25) is 0 Å². The zero-order chi connectivity index (χ0) is 13.8. The summed E-state index contributed by atoms with van der Waals surface area (Å²) in [6.07, 6.45) is 2.16. The number of ether oxygens (including phenoxy) is 1. The lowest BCUT2D eigenvalue weighted by atomic mass is 10.0. The summed E-state index contributed by atoms with van der Waals surface area (Å²) in [4.78, 5) is 2.25. The molecule has 106 valence electrons. The van der Waals surface area contributed by atoms with Gasteiger partial charge in [0.25, 0.3) is 0 Å². The topological polar surface area (TPSA) is 24.5 Å². The summed E-state index contributed by atoms with van der Waals surface area (Å²) in [7, 11) is 4.25. The van der Waals surface area contributed by atoms with Gasteiger partial charge in [0.1, 0.15) is 5.75 Å². The summed E-state index contributed by atoms with van der Waals surface area (Å²) in [5.41, 5.74) is 2.75. The molecule has 0 saturated carbocycles. The summed E-state index contributed by atoms with van der Waals surface area (Å²) in [5.74, 6) is 1.07. The molecule has 0 radical (unpaired) electrons. The smallest absolute Gasteiger partial charge is 0.122 e. The SMILES string of the molecule is CCC(NCC(C)N(C)C)c1ccc2c(c1)CCO2. The van der Waals surface area contributed by atoms with Crippen molar-refractivity contribution in [3.8, 4) is 5.75 Å². The molecule has 0 bridgehead atoms. The molecule has 19 heavy (non-hydrogen) atoms. The van der Waals surface area contributed by atoms with Crippen LogP contribution in [-0.4, -0.2) is 38.2 Å². The van der Waals surface area contributed by atoms with Gasteiger partial charge in [-0.2, -0.15) is 0 Å². The molecular formula is C16H26N2O. The standard InChI is InChI=1S/C16H26N2O/c1-5-15(17-11-12(2)18(3)4)13-6-7-16-14(10-13)8-9-19-16/h6-7,10,12,15,17H,5,8-9,11H2,1-4H3. The molecule has 0 fully saturated rings. The van der Waals surface area contributed by atoms with Crippen molar-refractivity contribution in [2.45, 2.75) is 38.8 Å². The summed E-state index contributed by atoms with van der Waals surface area (Å²) in [6, 6.07) is 7.62. The Bertz CT molecular complexity index is 417.